The molecule has 0 aliphatic carbocycles. The molecule has 1 aliphatic heterocycles. The van der Waals surface area contributed by atoms with Crippen molar-refractivity contribution < 1.29 is 10.2 Å². The van der Waals surface area contributed by atoms with Crippen molar-refractivity contribution in [1.82, 2.24) is 0 Å². The number of hydrogen-bond acceptors (Lipinski definition) is 1. The maximum Gasteiger partial charge on any atom is 0.0567 e. The molecular formula is C13H16O. The van der Waals surface area contributed by atoms with Crippen LogP contribution in [0, 0.1) is 5.92 Å². The number of allylic oxidation sites excluding steroid dienone is 1. The van der Waals surface area contributed by atoms with Gasteiger partial charge in [-0.1, -0.05) is 42.5 Å². The van der Waals surface area contributed by atoms with Crippen LogP contribution >= 0.6 is 0 Å². The molecule has 2 rings (SSSR count). The average Bonchev–Trinajstić information content (AvgIpc) is 2.24. The largest absolute Gasteiger partial charge is 0.381 e. The van der Waals surface area contributed by atoms with E-state index in [9.17, 15) is 0 Å². The van der Waals surface area contributed by atoms with Crippen molar-refractivity contribution >= 4 is 6.08 Å². The van der Waals surface area contributed by atoms with Crippen LogP contribution in [-0.2, 0) is 4.74 Å². The zero-order valence-electron chi connectivity index (χ0n) is 11.9. The Morgan fingerprint density at radius 2 is 1.93 bits per heavy atom. The van der Waals surface area contributed by atoms with E-state index in [1.54, 1.807) is 0 Å². The molecule has 1 fully saturated rings. The summed E-state index contributed by atoms with van der Waals surface area (Å²) in [6, 6.07) is 9.71. The molecule has 1 aromatic carbocycles. The Kier molecular flexibility index (Phi) is 2.03. The smallest absolute Gasteiger partial charge is 0.0567 e. The lowest BCUT2D eigenvalue weighted by Gasteiger charge is -2.18. The van der Waals surface area contributed by atoms with Gasteiger partial charge in [-0.2, -0.15) is 0 Å². The Bertz CT molecular complexity index is 412. The Hall–Kier alpha value is -1.08. The van der Waals surface area contributed by atoms with Gasteiger partial charge in [0.2, 0.25) is 0 Å². The van der Waals surface area contributed by atoms with Crippen LogP contribution < -0.4 is 0 Å². The highest BCUT2D eigenvalue weighted by molar-refractivity contribution is 5.48. The van der Waals surface area contributed by atoms with E-state index in [1.807, 2.05) is 42.5 Å². The summed E-state index contributed by atoms with van der Waals surface area (Å²) in [5.41, 5.74) is 1.03. The molecule has 0 radical (unpaired) electrons. The van der Waals surface area contributed by atoms with E-state index >= 15 is 0 Å². The predicted molar refractivity (Wildman–Crippen MR) is 59.0 cm³/mol. The van der Waals surface area contributed by atoms with Crippen LogP contribution in [0.15, 0.2) is 36.4 Å². The van der Waals surface area contributed by atoms with Gasteiger partial charge >= 0.3 is 0 Å². The van der Waals surface area contributed by atoms with Gasteiger partial charge in [-0.25, -0.2) is 0 Å². The van der Waals surface area contributed by atoms with Crippen molar-refractivity contribution in [2.45, 2.75) is 12.8 Å². The van der Waals surface area contributed by atoms with Gasteiger partial charge in [-0.05, 0) is 24.3 Å². The topological polar surface area (TPSA) is 9.23 Å². The fourth-order valence-electron chi connectivity index (χ4n) is 1.37. The molecule has 1 nitrogen and oxygen atoms in total. The highest BCUT2D eigenvalue weighted by Gasteiger charge is 2.09. The van der Waals surface area contributed by atoms with Crippen LogP contribution in [0.2, 0.25) is 0 Å². The molecule has 0 saturated carbocycles. The van der Waals surface area contributed by atoms with Gasteiger partial charge in [0.1, 0.15) is 0 Å². The zero-order valence-corrected chi connectivity index (χ0v) is 7.94. The first-order valence-electron chi connectivity index (χ1n) is 6.80. The Morgan fingerprint density at radius 1 is 1.21 bits per heavy atom. The molecule has 1 heterocycles. The standard InChI is InChI=1S/C13H16O/c1-2-4-12(5-3-1)6-7-13-8-10-14-11-9-13/h1-7,13H,8-11H2/b7-6+/i10D2,11D2. The Morgan fingerprint density at radius 3 is 2.64 bits per heavy atom. The van der Waals surface area contributed by atoms with Crippen LogP contribution in [0.25, 0.3) is 6.08 Å². The molecule has 0 N–H and O–H groups in total. The van der Waals surface area contributed by atoms with E-state index in [2.05, 4.69) is 0 Å². The van der Waals surface area contributed by atoms with Crippen molar-refractivity contribution in [3.05, 3.63) is 42.0 Å². The van der Waals surface area contributed by atoms with E-state index in [4.69, 9.17) is 10.2 Å². The summed E-state index contributed by atoms with van der Waals surface area (Å²) >= 11 is 0. The molecule has 0 unspecified atom stereocenters. The Labute approximate surface area is 91.0 Å². The molecule has 0 aromatic heterocycles. The highest BCUT2D eigenvalue weighted by Crippen LogP contribution is 2.17. The fourth-order valence-corrected chi connectivity index (χ4v) is 1.37. The summed E-state index contributed by atoms with van der Waals surface area (Å²) < 4.78 is 35.0. The van der Waals surface area contributed by atoms with Crippen molar-refractivity contribution in [2.75, 3.05) is 13.1 Å². The number of hydrogen-bond donors (Lipinski definition) is 0. The quantitative estimate of drug-likeness (QED) is 0.699. The van der Waals surface area contributed by atoms with Crippen LogP contribution in [0.4, 0.5) is 0 Å². The number of benzene rings is 1. The van der Waals surface area contributed by atoms with Crippen LogP contribution in [-0.4, -0.2) is 13.1 Å². The monoisotopic (exact) mass is 192 g/mol. The van der Waals surface area contributed by atoms with Crippen molar-refractivity contribution in [1.29, 1.82) is 0 Å². The minimum Gasteiger partial charge on any atom is -0.381 e. The molecule has 14 heavy (non-hydrogen) atoms. The first kappa shape index (κ1) is 5.72. The molecule has 74 valence electrons. The lowest BCUT2D eigenvalue weighted by Crippen LogP contribution is -2.13. The summed E-state index contributed by atoms with van der Waals surface area (Å²) in [5, 5.41) is 0. The molecule has 0 spiro atoms. The van der Waals surface area contributed by atoms with Gasteiger partial charge in [0.05, 0.1) is 5.48 Å². The second kappa shape index (κ2) is 4.97. The molecular weight excluding hydrogens is 172 g/mol. The number of ether oxygens (including phenoxy) is 1. The predicted octanol–water partition coefficient (Wildman–Crippen LogP) is 3.13. The summed E-state index contributed by atoms with van der Waals surface area (Å²) in [6.45, 7) is -3.79. The van der Waals surface area contributed by atoms with Gasteiger partial charge < -0.3 is 4.74 Å². The third-order valence-corrected chi connectivity index (χ3v) is 2.20. The van der Waals surface area contributed by atoms with Gasteiger partial charge in [0.15, 0.2) is 0 Å². The molecule has 0 atom stereocenters. The second-order valence-electron chi connectivity index (χ2n) is 3.33. The van der Waals surface area contributed by atoms with Crippen molar-refractivity contribution in [2.24, 2.45) is 5.92 Å². The summed E-state index contributed by atoms with van der Waals surface area (Å²) in [4.78, 5) is 0. The van der Waals surface area contributed by atoms with Crippen molar-refractivity contribution in [3.63, 3.8) is 0 Å². The lowest BCUT2D eigenvalue weighted by atomic mass is 9.99. The second-order valence-corrected chi connectivity index (χ2v) is 3.33. The first-order valence-corrected chi connectivity index (χ1v) is 4.80. The fraction of sp³-hybridized carbons (Fsp3) is 0.385. The van der Waals surface area contributed by atoms with Crippen LogP contribution in [0.1, 0.15) is 23.9 Å². The first-order chi connectivity index (χ1) is 8.36. The average molecular weight is 192 g/mol. The third-order valence-electron chi connectivity index (χ3n) is 2.20. The number of rotatable bonds is 2. The maximum atomic E-state index is 7.57. The molecule has 0 amide bonds. The SMILES string of the molecule is [2H]C1([2H])CC(/C=C/c2ccccc2)CC([2H])([2H])O1. The molecule has 1 aliphatic rings. The van der Waals surface area contributed by atoms with Gasteiger partial charge in [-0.15, -0.1) is 0 Å². The Balaban J connectivity index is 2.07. The zero-order chi connectivity index (χ0) is 13.2. The van der Waals surface area contributed by atoms with E-state index in [-0.39, 0.29) is 18.8 Å². The van der Waals surface area contributed by atoms with E-state index in [0.717, 1.165) is 5.56 Å². The maximum absolute atomic E-state index is 7.57. The highest BCUT2D eigenvalue weighted by atomic mass is 16.5. The molecule has 1 heteroatoms. The normalized spacial score (nSPS) is 30.3. The summed E-state index contributed by atoms with van der Waals surface area (Å²) in [7, 11) is 0. The van der Waals surface area contributed by atoms with Gasteiger partial charge in [0, 0.05) is 13.1 Å². The van der Waals surface area contributed by atoms with E-state index < -0.39 is 13.1 Å². The lowest BCUT2D eigenvalue weighted by molar-refractivity contribution is 0.0787. The van der Waals surface area contributed by atoms with E-state index in [0.29, 0.717) is 0 Å². The minimum atomic E-state index is -1.90. The molecule has 0 bridgehead atoms. The molecule has 1 saturated heterocycles. The summed E-state index contributed by atoms with van der Waals surface area (Å²) in [5.74, 6) is -0.149. The van der Waals surface area contributed by atoms with Gasteiger partial charge in [-0.3, -0.25) is 0 Å². The third kappa shape index (κ3) is 2.71. The van der Waals surface area contributed by atoms with Gasteiger partial charge in [0.25, 0.3) is 0 Å². The van der Waals surface area contributed by atoms with E-state index in [1.165, 1.54) is 0 Å². The van der Waals surface area contributed by atoms with Crippen LogP contribution in [0.3, 0.4) is 0 Å². The minimum absolute atomic E-state index is 0.149. The molecule has 1 aromatic rings. The summed E-state index contributed by atoms with van der Waals surface area (Å²) in [6.07, 6.45) is 4.15. The van der Waals surface area contributed by atoms with Crippen LogP contribution in [0.5, 0.6) is 0 Å². The van der Waals surface area contributed by atoms with Crippen molar-refractivity contribution in [3.8, 4) is 0 Å².